The highest BCUT2D eigenvalue weighted by atomic mass is 19.4. The summed E-state index contributed by atoms with van der Waals surface area (Å²) in [5.41, 5.74) is 0. The normalized spacial score (nSPS) is 34.2. The van der Waals surface area contributed by atoms with E-state index in [2.05, 4.69) is 5.32 Å². The minimum Gasteiger partial charge on any atom is -0.313 e. The van der Waals surface area contributed by atoms with Crippen LogP contribution >= 0.6 is 0 Å². The van der Waals surface area contributed by atoms with Crippen LogP contribution in [0.5, 0.6) is 0 Å². The third-order valence-corrected chi connectivity index (χ3v) is 4.42. The Morgan fingerprint density at radius 1 is 1.24 bits per heavy atom. The number of alkyl halides is 3. The predicted molar refractivity (Wildman–Crippen MR) is 61.7 cm³/mol. The van der Waals surface area contributed by atoms with Gasteiger partial charge in [0.2, 0.25) is 0 Å². The van der Waals surface area contributed by atoms with Crippen LogP contribution in [0.25, 0.3) is 0 Å². The Kier molecular flexibility index (Phi) is 4.01. The standard InChI is InChI=1S/C13H22F3N/c1-2-5-17-12(8-13(14,15)16)11-7-9-3-4-10(11)6-9/h9-12,17H,2-8H2,1H3. The number of hydrogen-bond acceptors (Lipinski definition) is 1. The van der Waals surface area contributed by atoms with Crippen molar-refractivity contribution in [1.82, 2.24) is 5.32 Å². The van der Waals surface area contributed by atoms with E-state index < -0.39 is 12.6 Å². The summed E-state index contributed by atoms with van der Waals surface area (Å²) in [5, 5.41) is 3.13. The van der Waals surface area contributed by atoms with Crippen molar-refractivity contribution >= 4 is 0 Å². The van der Waals surface area contributed by atoms with Gasteiger partial charge in [0.05, 0.1) is 6.42 Å². The molecule has 17 heavy (non-hydrogen) atoms. The molecule has 2 saturated carbocycles. The molecule has 0 aromatic heterocycles. The first-order valence-corrected chi connectivity index (χ1v) is 6.79. The van der Waals surface area contributed by atoms with Crippen LogP contribution in [0.2, 0.25) is 0 Å². The molecule has 4 heteroatoms. The minimum atomic E-state index is -4.03. The third kappa shape index (κ3) is 3.36. The molecule has 2 aliphatic carbocycles. The first-order chi connectivity index (χ1) is 7.99. The lowest BCUT2D eigenvalue weighted by Crippen LogP contribution is -2.42. The van der Waals surface area contributed by atoms with Gasteiger partial charge in [-0.2, -0.15) is 13.2 Å². The largest absolute Gasteiger partial charge is 0.390 e. The summed E-state index contributed by atoms with van der Waals surface area (Å²) in [4.78, 5) is 0. The molecule has 0 heterocycles. The highest BCUT2D eigenvalue weighted by Gasteiger charge is 2.45. The zero-order valence-corrected chi connectivity index (χ0v) is 10.4. The van der Waals surface area contributed by atoms with E-state index in [1.165, 1.54) is 12.8 Å². The summed E-state index contributed by atoms with van der Waals surface area (Å²) >= 11 is 0. The maximum Gasteiger partial charge on any atom is 0.390 e. The van der Waals surface area contributed by atoms with Crippen LogP contribution in [0.3, 0.4) is 0 Å². The summed E-state index contributed by atoms with van der Waals surface area (Å²) in [7, 11) is 0. The van der Waals surface area contributed by atoms with E-state index in [-0.39, 0.29) is 12.0 Å². The van der Waals surface area contributed by atoms with Crippen molar-refractivity contribution in [3.05, 3.63) is 0 Å². The van der Waals surface area contributed by atoms with Crippen LogP contribution in [0, 0.1) is 17.8 Å². The SMILES string of the molecule is CCCNC(CC(F)(F)F)C1CC2CCC1C2. The lowest BCUT2D eigenvalue weighted by Gasteiger charge is -2.32. The van der Waals surface area contributed by atoms with Crippen LogP contribution < -0.4 is 5.32 Å². The second-order valence-corrected chi connectivity index (χ2v) is 5.72. The fraction of sp³-hybridized carbons (Fsp3) is 1.00. The monoisotopic (exact) mass is 249 g/mol. The summed E-state index contributed by atoms with van der Waals surface area (Å²) in [6, 6.07) is -0.342. The molecule has 0 aromatic rings. The smallest absolute Gasteiger partial charge is 0.313 e. The van der Waals surface area contributed by atoms with Gasteiger partial charge in [-0.05, 0) is 50.0 Å². The fourth-order valence-electron chi connectivity index (χ4n) is 3.74. The van der Waals surface area contributed by atoms with Crippen LogP contribution in [0.1, 0.15) is 45.4 Å². The molecule has 0 aliphatic heterocycles. The molecule has 4 atom stereocenters. The van der Waals surface area contributed by atoms with E-state index in [4.69, 9.17) is 0 Å². The van der Waals surface area contributed by atoms with E-state index in [1.807, 2.05) is 6.92 Å². The van der Waals surface area contributed by atoms with E-state index in [1.54, 1.807) is 0 Å². The first-order valence-electron chi connectivity index (χ1n) is 6.79. The quantitative estimate of drug-likeness (QED) is 0.782. The van der Waals surface area contributed by atoms with Crippen LogP contribution in [0.15, 0.2) is 0 Å². The molecular formula is C13H22F3N. The zero-order valence-electron chi connectivity index (χ0n) is 10.4. The van der Waals surface area contributed by atoms with Gasteiger partial charge in [-0.3, -0.25) is 0 Å². The Bertz CT molecular complexity index is 252. The summed E-state index contributed by atoms with van der Waals surface area (Å²) in [6.45, 7) is 2.70. The van der Waals surface area contributed by atoms with Crippen molar-refractivity contribution in [1.29, 1.82) is 0 Å². The third-order valence-electron chi connectivity index (χ3n) is 4.42. The van der Waals surface area contributed by atoms with Gasteiger partial charge < -0.3 is 5.32 Å². The Balaban J connectivity index is 1.95. The molecule has 2 bridgehead atoms. The number of hydrogen-bond donors (Lipinski definition) is 1. The van der Waals surface area contributed by atoms with Gasteiger partial charge in [-0.1, -0.05) is 13.3 Å². The number of fused-ring (bicyclic) bond motifs is 2. The molecule has 1 N–H and O–H groups in total. The van der Waals surface area contributed by atoms with E-state index in [0.717, 1.165) is 19.3 Å². The molecule has 0 spiro atoms. The van der Waals surface area contributed by atoms with Gasteiger partial charge in [0.15, 0.2) is 0 Å². The lowest BCUT2D eigenvalue weighted by molar-refractivity contribution is -0.144. The average Bonchev–Trinajstić information content (AvgIpc) is 2.84. The number of nitrogens with one attached hydrogen (secondary N) is 1. The van der Waals surface area contributed by atoms with Crippen molar-refractivity contribution in [2.75, 3.05) is 6.54 Å². The van der Waals surface area contributed by atoms with Gasteiger partial charge in [0.1, 0.15) is 0 Å². The highest BCUT2D eigenvalue weighted by molar-refractivity contribution is 4.95. The predicted octanol–water partition coefficient (Wildman–Crippen LogP) is 3.74. The molecule has 0 amide bonds. The summed E-state index contributed by atoms with van der Waals surface area (Å²) < 4.78 is 37.8. The molecule has 2 aliphatic rings. The van der Waals surface area contributed by atoms with Gasteiger partial charge in [-0.15, -0.1) is 0 Å². The maximum atomic E-state index is 12.6. The number of halogens is 3. The van der Waals surface area contributed by atoms with Gasteiger partial charge >= 0.3 is 6.18 Å². The Morgan fingerprint density at radius 3 is 2.47 bits per heavy atom. The van der Waals surface area contributed by atoms with Crippen molar-refractivity contribution in [3.8, 4) is 0 Å². The van der Waals surface area contributed by atoms with E-state index in [9.17, 15) is 13.2 Å². The van der Waals surface area contributed by atoms with Crippen molar-refractivity contribution in [3.63, 3.8) is 0 Å². The molecular weight excluding hydrogens is 227 g/mol. The Labute approximate surface area is 101 Å². The van der Waals surface area contributed by atoms with E-state index >= 15 is 0 Å². The van der Waals surface area contributed by atoms with Gasteiger partial charge in [0, 0.05) is 6.04 Å². The first kappa shape index (κ1) is 13.2. The van der Waals surface area contributed by atoms with Gasteiger partial charge in [0.25, 0.3) is 0 Å². The topological polar surface area (TPSA) is 12.0 Å². The molecule has 0 saturated heterocycles. The Hall–Kier alpha value is -0.250. The molecule has 1 nitrogen and oxygen atoms in total. The molecule has 4 unspecified atom stereocenters. The lowest BCUT2D eigenvalue weighted by atomic mass is 9.82. The number of rotatable bonds is 5. The summed E-state index contributed by atoms with van der Waals surface area (Å²) in [5.74, 6) is 1.53. The second-order valence-electron chi connectivity index (χ2n) is 5.72. The van der Waals surface area contributed by atoms with Gasteiger partial charge in [-0.25, -0.2) is 0 Å². The fourth-order valence-corrected chi connectivity index (χ4v) is 3.74. The van der Waals surface area contributed by atoms with Crippen LogP contribution in [0.4, 0.5) is 13.2 Å². The average molecular weight is 249 g/mol. The van der Waals surface area contributed by atoms with E-state index in [0.29, 0.717) is 18.4 Å². The van der Waals surface area contributed by atoms with Crippen molar-refractivity contribution < 1.29 is 13.2 Å². The molecule has 2 rings (SSSR count). The maximum absolute atomic E-state index is 12.6. The van der Waals surface area contributed by atoms with Crippen molar-refractivity contribution in [2.24, 2.45) is 17.8 Å². The van der Waals surface area contributed by atoms with Crippen LogP contribution in [-0.4, -0.2) is 18.8 Å². The second kappa shape index (κ2) is 5.17. The Morgan fingerprint density at radius 2 is 2.00 bits per heavy atom. The molecule has 2 fully saturated rings. The molecule has 100 valence electrons. The van der Waals surface area contributed by atoms with Crippen LogP contribution in [-0.2, 0) is 0 Å². The van der Waals surface area contributed by atoms with Crippen molar-refractivity contribution in [2.45, 2.75) is 57.7 Å². The minimum absolute atomic E-state index is 0.266. The molecule has 0 aromatic carbocycles. The molecule has 0 radical (unpaired) electrons. The zero-order chi connectivity index (χ0) is 12.5. The summed E-state index contributed by atoms with van der Waals surface area (Å²) in [6.07, 6.45) is 0.795. The highest BCUT2D eigenvalue weighted by Crippen LogP contribution is 2.50.